The largest absolute Gasteiger partial charge is 0.493 e. The van der Waals surface area contributed by atoms with Crippen LogP contribution in [0.3, 0.4) is 0 Å². The monoisotopic (exact) mass is 471 g/mol. The molecule has 1 unspecified atom stereocenters. The number of benzene rings is 1. The second kappa shape index (κ2) is 9.43. The Morgan fingerprint density at radius 1 is 1.12 bits per heavy atom. The summed E-state index contributed by atoms with van der Waals surface area (Å²) in [5.74, 6) is 1.04. The van der Waals surface area contributed by atoms with E-state index in [1.54, 1.807) is 31.6 Å². The van der Waals surface area contributed by atoms with Crippen LogP contribution in [0.1, 0.15) is 30.9 Å². The van der Waals surface area contributed by atoms with Crippen molar-refractivity contribution >= 4 is 29.2 Å². The van der Waals surface area contributed by atoms with Gasteiger partial charge in [-0.05, 0) is 65.8 Å². The topological polar surface area (TPSA) is 88.2 Å². The second-order valence-electron chi connectivity index (χ2n) is 8.68. The van der Waals surface area contributed by atoms with Crippen molar-refractivity contribution in [1.82, 2.24) is 15.1 Å². The van der Waals surface area contributed by atoms with E-state index in [2.05, 4.69) is 5.32 Å². The van der Waals surface area contributed by atoms with Gasteiger partial charge in [-0.2, -0.15) is 11.3 Å². The minimum Gasteiger partial charge on any atom is -0.493 e. The van der Waals surface area contributed by atoms with E-state index in [0.717, 1.165) is 11.1 Å². The number of piperidine rings is 1. The molecule has 0 radical (unpaired) electrons. The Kier molecular flexibility index (Phi) is 6.60. The average molecular weight is 472 g/mol. The number of urea groups is 1. The van der Waals surface area contributed by atoms with Crippen molar-refractivity contribution in [3.05, 3.63) is 46.2 Å². The van der Waals surface area contributed by atoms with Gasteiger partial charge in [0, 0.05) is 13.1 Å². The molecule has 2 aromatic rings. The van der Waals surface area contributed by atoms with Crippen molar-refractivity contribution in [1.29, 1.82) is 0 Å². The summed E-state index contributed by atoms with van der Waals surface area (Å²) in [6.07, 6.45) is 1.59. The summed E-state index contributed by atoms with van der Waals surface area (Å²) < 4.78 is 10.6. The van der Waals surface area contributed by atoms with E-state index >= 15 is 0 Å². The SMILES string of the molecule is COc1ccc(CC(=O)N2CCC(C3(C)NC(=O)N(Cc4ccsc4)C3=O)CC2)cc1OC. The smallest absolute Gasteiger partial charge is 0.325 e. The molecule has 0 saturated carbocycles. The molecule has 0 spiro atoms. The molecule has 4 rings (SSSR count). The quantitative estimate of drug-likeness (QED) is 0.627. The third kappa shape index (κ3) is 4.55. The summed E-state index contributed by atoms with van der Waals surface area (Å²) in [6, 6.07) is 7.05. The number of nitrogens with one attached hydrogen (secondary N) is 1. The van der Waals surface area contributed by atoms with E-state index in [1.807, 2.05) is 40.8 Å². The van der Waals surface area contributed by atoms with Gasteiger partial charge in [0.15, 0.2) is 11.5 Å². The van der Waals surface area contributed by atoms with Crippen LogP contribution in [0.4, 0.5) is 4.79 Å². The number of hydrogen-bond acceptors (Lipinski definition) is 6. The summed E-state index contributed by atoms with van der Waals surface area (Å²) in [6.45, 7) is 3.21. The number of amides is 4. The first-order chi connectivity index (χ1) is 15.9. The number of methoxy groups -OCH3 is 2. The van der Waals surface area contributed by atoms with Gasteiger partial charge in [-0.15, -0.1) is 0 Å². The second-order valence-corrected chi connectivity index (χ2v) is 9.46. The average Bonchev–Trinajstić information content (AvgIpc) is 3.42. The molecular formula is C24H29N3O5S. The van der Waals surface area contributed by atoms with Crippen molar-refractivity contribution < 1.29 is 23.9 Å². The van der Waals surface area contributed by atoms with Gasteiger partial charge in [0.1, 0.15) is 5.54 Å². The van der Waals surface area contributed by atoms with Crippen molar-refractivity contribution in [3.63, 3.8) is 0 Å². The Balaban J connectivity index is 1.36. The van der Waals surface area contributed by atoms with Crippen molar-refractivity contribution in [2.45, 2.75) is 38.3 Å². The van der Waals surface area contributed by atoms with Gasteiger partial charge in [-0.3, -0.25) is 14.5 Å². The number of thiophene rings is 1. The molecule has 8 nitrogen and oxygen atoms in total. The molecule has 2 fully saturated rings. The van der Waals surface area contributed by atoms with E-state index in [9.17, 15) is 14.4 Å². The van der Waals surface area contributed by atoms with Crippen LogP contribution in [0.15, 0.2) is 35.0 Å². The molecule has 0 aliphatic carbocycles. The van der Waals surface area contributed by atoms with Gasteiger partial charge in [0.05, 0.1) is 27.2 Å². The Hall–Kier alpha value is -3.07. The molecule has 4 amide bonds. The zero-order chi connectivity index (χ0) is 23.6. The van der Waals surface area contributed by atoms with Crippen LogP contribution in [0.2, 0.25) is 0 Å². The highest BCUT2D eigenvalue weighted by Crippen LogP contribution is 2.34. The molecule has 1 aromatic carbocycles. The number of ether oxygens (including phenoxy) is 2. The number of carbonyl (C=O) groups is 3. The first-order valence-electron chi connectivity index (χ1n) is 11.0. The molecule has 33 heavy (non-hydrogen) atoms. The maximum absolute atomic E-state index is 13.2. The third-order valence-corrected chi connectivity index (χ3v) is 7.42. The van der Waals surface area contributed by atoms with Gasteiger partial charge in [0.25, 0.3) is 5.91 Å². The van der Waals surface area contributed by atoms with Gasteiger partial charge < -0.3 is 19.7 Å². The first kappa shape index (κ1) is 23.1. The highest BCUT2D eigenvalue weighted by atomic mass is 32.1. The summed E-state index contributed by atoms with van der Waals surface area (Å²) in [5.41, 5.74) is 0.864. The Labute approximate surface area is 197 Å². The number of carbonyl (C=O) groups excluding carboxylic acids is 3. The summed E-state index contributed by atoms with van der Waals surface area (Å²) in [4.78, 5) is 41.8. The van der Waals surface area contributed by atoms with Crippen LogP contribution in [0.25, 0.3) is 0 Å². The van der Waals surface area contributed by atoms with E-state index in [0.29, 0.717) is 37.4 Å². The van der Waals surface area contributed by atoms with Crippen LogP contribution in [0.5, 0.6) is 11.5 Å². The molecule has 3 heterocycles. The Morgan fingerprint density at radius 2 is 1.85 bits per heavy atom. The Morgan fingerprint density at radius 3 is 2.48 bits per heavy atom. The van der Waals surface area contributed by atoms with Crippen molar-refractivity contribution in [2.75, 3.05) is 27.3 Å². The van der Waals surface area contributed by atoms with E-state index < -0.39 is 5.54 Å². The molecule has 9 heteroatoms. The zero-order valence-electron chi connectivity index (χ0n) is 19.1. The maximum Gasteiger partial charge on any atom is 0.325 e. The van der Waals surface area contributed by atoms with Crippen LogP contribution >= 0.6 is 11.3 Å². The molecule has 1 atom stereocenters. The summed E-state index contributed by atoms with van der Waals surface area (Å²) in [7, 11) is 3.14. The molecule has 176 valence electrons. The lowest BCUT2D eigenvalue weighted by Gasteiger charge is -2.39. The van der Waals surface area contributed by atoms with Crippen LogP contribution in [-0.2, 0) is 22.6 Å². The number of imide groups is 1. The molecule has 2 saturated heterocycles. The summed E-state index contributed by atoms with van der Waals surface area (Å²) >= 11 is 1.54. The fraction of sp³-hybridized carbons (Fsp3) is 0.458. The van der Waals surface area contributed by atoms with E-state index in [-0.39, 0.29) is 36.7 Å². The number of likely N-dealkylation sites (tertiary alicyclic amines) is 1. The highest BCUT2D eigenvalue weighted by Gasteiger charge is 2.52. The molecule has 1 aromatic heterocycles. The zero-order valence-corrected chi connectivity index (χ0v) is 19.9. The lowest BCUT2D eigenvalue weighted by atomic mass is 9.78. The van der Waals surface area contributed by atoms with Crippen LogP contribution in [0, 0.1) is 5.92 Å². The van der Waals surface area contributed by atoms with E-state index in [4.69, 9.17) is 9.47 Å². The lowest BCUT2D eigenvalue weighted by Crippen LogP contribution is -2.54. The van der Waals surface area contributed by atoms with E-state index in [1.165, 1.54) is 4.90 Å². The molecule has 2 aliphatic rings. The molecule has 0 bridgehead atoms. The predicted molar refractivity (Wildman–Crippen MR) is 124 cm³/mol. The predicted octanol–water partition coefficient (Wildman–Crippen LogP) is 3.06. The number of rotatable bonds is 7. The normalized spacial score (nSPS) is 21.3. The minimum absolute atomic E-state index is 0.0217. The maximum atomic E-state index is 13.2. The lowest BCUT2D eigenvalue weighted by molar-refractivity contribution is -0.135. The van der Waals surface area contributed by atoms with Gasteiger partial charge in [0.2, 0.25) is 5.91 Å². The van der Waals surface area contributed by atoms with Gasteiger partial charge >= 0.3 is 6.03 Å². The van der Waals surface area contributed by atoms with Gasteiger partial charge in [-0.25, -0.2) is 4.79 Å². The summed E-state index contributed by atoms with van der Waals surface area (Å²) in [5, 5.41) is 6.81. The fourth-order valence-corrected chi connectivity index (χ4v) is 5.34. The number of hydrogen-bond donors (Lipinski definition) is 1. The van der Waals surface area contributed by atoms with Crippen LogP contribution < -0.4 is 14.8 Å². The molecule has 1 N–H and O–H groups in total. The first-order valence-corrected chi connectivity index (χ1v) is 11.9. The minimum atomic E-state index is -0.939. The van der Waals surface area contributed by atoms with Crippen LogP contribution in [-0.4, -0.2) is 60.5 Å². The number of nitrogens with zero attached hydrogens (tertiary/aromatic N) is 2. The third-order valence-electron chi connectivity index (χ3n) is 6.69. The van der Waals surface area contributed by atoms with Gasteiger partial charge in [-0.1, -0.05) is 6.07 Å². The standard InChI is InChI=1S/C24H29N3O5S/c1-24(22(29)27(23(30)25-24)14-17-8-11-33-15-17)18-6-9-26(10-7-18)21(28)13-16-4-5-19(31-2)20(12-16)32-3/h4-5,8,11-12,15,18H,6-7,9-10,13-14H2,1-3H3,(H,25,30). The molecular weight excluding hydrogens is 442 g/mol. The molecule has 2 aliphatic heterocycles. The Bertz CT molecular complexity index is 1030. The van der Waals surface area contributed by atoms with Crippen molar-refractivity contribution in [3.8, 4) is 11.5 Å². The fourth-order valence-electron chi connectivity index (χ4n) is 4.68. The highest BCUT2D eigenvalue weighted by molar-refractivity contribution is 7.07. The van der Waals surface area contributed by atoms with Crippen molar-refractivity contribution in [2.24, 2.45) is 5.92 Å².